The molecule has 0 spiro atoms. The van der Waals surface area contributed by atoms with Crippen LogP contribution in [0.2, 0.25) is 0 Å². The van der Waals surface area contributed by atoms with Crippen LogP contribution in [0, 0.1) is 12.8 Å². The SMILES string of the molecule is Cc1cccc(Cn2cccc2CN(C(=O)c2ccccc2Br)C(C)C(C)C)c1. The van der Waals surface area contributed by atoms with Crippen LogP contribution in [-0.4, -0.2) is 21.4 Å². The number of aryl methyl sites for hydroxylation is 1. The molecule has 1 unspecified atom stereocenters. The third kappa shape index (κ3) is 5.18. The van der Waals surface area contributed by atoms with E-state index in [1.54, 1.807) is 0 Å². The van der Waals surface area contributed by atoms with Crippen LogP contribution in [0.5, 0.6) is 0 Å². The van der Waals surface area contributed by atoms with Crippen molar-refractivity contribution in [3.8, 4) is 0 Å². The topological polar surface area (TPSA) is 25.2 Å². The third-order valence-electron chi connectivity index (χ3n) is 5.51. The Morgan fingerprint density at radius 1 is 1.03 bits per heavy atom. The van der Waals surface area contributed by atoms with Gasteiger partial charge in [0.25, 0.3) is 5.91 Å². The summed E-state index contributed by atoms with van der Waals surface area (Å²) in [6.45, 7) is 9.96. The lowest BCUT2D eigenvalue weighted by molar-refractivity contribution is 0.0622. The van der Waals surface area contributed by atoms with E-state index in [2.05, 4.69) is 90.8 Å². The summed E-state index contributed by atoms with van der Waals surface area (Å²) in [5.74, 6) is 0.420. The fourth-order valence-corrected chi connectivity index (χ4v) is 3.93. The van der Waals surface area contributed by atoms with Crippen molar-refractivity contribution in [3.63, 3.8) is 0 Å². The summed E-state index contributed by atoms with van der Waals surface area (Å²) in [6.07, 6.45) is 2.10. The molecule has 0 aliphatic carbocycles. The average molecular weight is 453 g/mol. The monoisotopic (exact) mass is 452 g/mol. The molecule has 29 heavy (non-hydrogen) atoms. The Hall–Kier alpha value is -2.33. The van der Waals surface area contributed by atoms with E-state index in [4.69, 9.17) is 0 Å². The van der Waals surface area contributed by atoms with Gasteiger partial charge in [0.15, 0.2) is 0 Å². The number of halogens is 1. The molecule has 1 atom stereocenters. The van der Waals surface area contributed by atoms with Gasteiger partial charge in [-0.05, 0) is 65.5 Å². The largest absolute Gasteiger partial charge is 0.345 e. The van der Waals surface area contributed by atoms with Gasteiger partial charge in [-0.25, -0.2) is 0 Å². The van der Waals surface area contributed by atoms with Crippen LogP contribution in [-0.2, 0) is 13.1 Å². The van der Waals surface area contributed by atoms with Crippen LogP contribution in [0.25, 0.3) is 0 Å². The number of hydrogen-bond acceptors (Lipinski definition) is 1. The molecule has 0 radical (unpaired) electrons. The molecule has 0 aliphatic heterocycles. The predicted octanol–water partition coefficient (Wildman–Crippen LogP) is 6.29. The van der Waals surface area contributed by atoms with Gasteiger partial charge in [-0.2, -0.15) is 0 Å². The molecule has 1 heterocycles. The summed E-state index contributed by atoms with van der Waals surface area (Å²) in [5, 5.41) is 0. The average Bonchev–Trinajstić information content (AvgIpc) is 3.12. The summed E-state index contributed by atoms with van der Waals surface area (Å²) >= 11 is 3.54. The molecular weight excluding hydrogens is 424 g/mol. The molecule has 0 bridgehead atoms. The van der Waals surface area contributed by atoms with E-state index in [0.29, 0.717) is 18.0 Å². The lowest BCUT2D eigenvalue weighted by Gasteiger charge is -2.32. The number of carbonyl (C=O) groups excluding carboxylic acids is 1. The second-order valence-corrected chi connectivity index (χ2v) is 8.87. The fourth-order valence-electron chi connectivity index (χ4n) is 3.48. The van der Waals surface area contributed by atoms with Gasteiger partial charge in [0, 0.05) is 29.0 Å². The van der Waals surface area contributed by atoms with Gasteiger partial charge >= 0.3 is 0 Å². The molecule has 152 valence electrons. The molecule has 4 heteroatoms. The normalized spacial score (nSPS) is 12.2. The Bertz CT molecular complexity index is 976. The van der Waals surface area contributed by atoms with Crippen molar-refractivity contribution in [2.45, 2.75) is 46.8 Å². The first-order chi connectivity index (χ1) is 13.9. The van der Waals surface area contributed by atoms with Gasteiger partial charge in [0.1, 0.15) is 0 Å². The van der Waals surface area contributed by atoms with Crippen molar-refractivity contribution in [1.82, 2.24) is 9.47 Å². The maximum absolute atomic E-state index is 13.4. The van der Waals surface area contributed by atoms with Crippen LogP contribution < -0.4 is 0 Å². The minimum atomic E-state index is 0.0574. The van der Waals surface area contributed by atoms with E-state index in [-0.39, 0.29) is 11.9 Å². The highest BCUT2D eigenvalue weighted by Gasteiger charge is 2.26. The highest BCUT2D eigenvalue weighted by atomic mass is 79.9. The van der Waals surface area contributed by atoms with Crippen molar-refractivity contribution in [2.75, 3.05) is 0 Å². The van der Waals surface area contributed by atoms with Crippen molar-refractivity contribution in [2.24, 2.45) is 5.92 Å². The van der Waals surface area contributed by atoms with Crippen LogP contribution in [0.15, 0.2) is 71.3 Å². The van der Waals surface area contributed by atoms with Gasteiger partial charge in [-0.1, -0.05) is 55.8 Å². The Morgan fingerprint density at radius 2 is 1.79 bits per heavy atom. The second-order valence-electron chi connectivity index (χ2n) is 8.01. The Morgan fingerprint density at radius 3 is 2.48 bits per heavy atom. The van der Waals surface area contributed by atoms with Crippen molar-refractivity contribution < 1.29 is 4.79 Å². The van der Waals surface area contributed by atoms with E-state index >= 15 is 0 Å². The Balaban J connectivity index is 1.88. The molecule has 0 fully saturated rings. The van der Waals surface area contributed by atoms with Crippen LogP contribution in [0.4, 0.5) is 0 Å². The van der Waals surface area contributed by atoms with Gasteiger partial charge in [0.05, 0.1) is 12.1 Å². The number of nitrogens with zero attached hydrogens (tertiary/aromatic N) is 2. The molecule has 3 nitrogen and oxygen atoms in total. The summed E-state index contributed by atoms with van der Waals surface area (Å²) in [6, 6.07) is 20.5. The zero-order valence-corrected chi connectivity index (χ0v) is 19.2. The third-order valence-corrected chi connectivity index (χ3v) is 6.20. The number of benzene rings is 2. The lowest BCUT2D eigenvalue weighted by Crippen LogP contribution is -2.41. The highest BCUT2D eigenvalue weighted by molar-refractivity contribution is 9.10. The molecule has 1 aromatic heterocycles. The summed E-state index contributed by atoms with van der Waals surface area (Å²) < 4.78 is 3.07. The number of carbonyl (C=O) groups is 1. The molecule has 0 saturated carbocycles. The van der Waals surface area contributed by atoms with Gasteiger partial charge in [-0.15, -0.1) is 0 Å². The molecule has 0 N–H and O–H groups in total. The first-order valence-corrected chi connectivity index (χ1v) is 10.9. The van der Waals surface area contributed by atoms with Gasteiger partial charge < -0.3 is 9.47 Å². The van der Waals surface area contributed by atoms with E-state index in [9.17, 15) is 4.79 Å². The van der Waals surface area contributed by atoms with Crippen LogP contribution >= 0.6 is 15.9 Å². The Labute approximate surface area is 182 Å². The maximum Gasteiger partial charge on any atom is 0.255 e. The smallest absolute Gasteiger partial charge is 0.255 e. The van der Waals surface area contributed by atoms with Crippen LogP contribution in [0.3, 0.4) is 0 Å². The second kappa shape index (κ2) is 9.45. The zero-order valence-electron chi connectivity index (χ0n) is 17.6. The number of hydrogen-bond donors (Lipinski definition) is 0. The van der Waals surface area contributed by atoms with E-state index in [1.165, 1.54) is 11.1 Å². The molecule has 0 aliphatic rings. The lowest BCUT2D eigenvalue weighted by atomic mass is 10.0. The van der Waals surface area contributed by atoms with Crippen molar-refractivity contribution >= 4 is 21.8 Å². The molecule has 2 aromatic carbocycles. The van der Waals surface area contributed by atoms with E-state index < -0.39 is 0 Å². The minimum Gasteiger partial charge on any atom is -0.345 e. The molecule has 3 aromatic rings. The standard InChI is InChI=1S/C25H29BrN2O/c1-18(2)20(4)28(25(29)23-12-5-6-13-24(23)26)17-22-11-8-14-27(22)16-21-10-7-9-19(3)15-21/h5-15,18,20H,16-17H2,1-4H3. The van der Waals surface area contributed by atoms with E-state index in [1.807, 2.05) is 29.2 Å². The van der Waals surface area contributed by atoms with Gasteiger partial charge in [0.2, 0.25) is 0 Å². The Kier molecular flexibility index (Phi) is 6.96. The minimum absolute atomic E-state index is 0.0574. The fraction of sp³-hybridized carbons (Fsp3) is 0.320. The summed E-state index contributed by atoms with van der Waals surface area (Å²) in [5.41, 5.74) is 4.37. The quantitative estimate of drug-likeness (QED) is 0.413. The maximum atomic E-state index is 13.4. The summed E-state index contributed by atoms with van der Waals surface area (Å²) in [4.78, 5) is 15.4. The summed E-state index contributed by atoms with van der Waals surface area (Å²) in [7, 11) is 0. The predicted molar refractivity (Wildman–Crippen MR) is 123 cm³/mol. The first-order valence-electron chi connectivity index (χ1n) is 10.1. The molecule has 1 amide bonds. The molecule has 3 rings (SSSR count). The first kappa shape index (κ1) is 21.4. The van der Waals surface area contributed by atoms with Crippen molar-refractivity contribution in [1.29, 1.82) is 0 Å². The molecule has 0 saturated heterocycles. The van der Waals surface area contributed by atoms with E-state index in [0.717, 1.165) is 16.7 Å². The van der Waals surface area contributed by atoms with Gasteiger partial charge in [-0.3, -0.25) is 4.79 Å². The molecular formula is C25H29BrN2O. The highest BCUT2D eigenvalue weighted by Crippen LogP contribution is 2.23. The van der Waals surface area contributed by atoms with Crippen LogP contribution in [0.1, 0.15) is 48.0 Å². The van der Waals surface area contributed by atoms with Crippen molar-refractivity contribution in [3.05, 3.63) is 93.7 Å². The number of rotatable bonds is 7. The number of aromatic nitrogens is 1. The number of amides is 1. The zero-order chi connectivity index (χ0) is 21.0.